The van der Waals surface area contributed by atoms with Gasteiger partial charge in [-0.15, -0.1) is 0 Å². The molecule has 3 aromatic rings. The Kier molecular flexibility index (Phi) is 4.22. The zero-order chi connectivity index (χ0) is 17.3. The van der Waals surface area contributed by atoms with Gasteiger partial charge in [0.15, 0.2) is 11.5 Å². The SMILES string of the molecule is CC(c1ccncc1)N(C)Cc1cc(=O)oc2cc(O)c(O)cc12. The van der Waals surface area contributed by atoms with E-state index in [1.54, 1.807) is 12.4 Å². The topological polar surface area (TPSA) is 86.8 Å². The molecule has 0 bridgehead atoms. The highest BCUT2D eigenvalue weighted by molar-refractivity contribution is 5.83. The highest BCUT2D eigenvalue weighted by Gasteiger charge is 2.16. The molecule has 2 aromatic heterocycles. The summed E-state index contributed by atoms with van der Waals surface area (Å²) in [4.78, 5) is 17.9. The second kappa shape index (κ2) is 6.33. The third kappa shape index (κ3) is 3.09. The molecule has 124 valence electrons. The van der Waals surface area contributed by atoms with Crippen LogP contribution < -0.4 is 5.63 Å². The van der Waals surface area contributed by atoms with Gasteiger partial charge in [-0.1, -0.05) is 0 Å². The number of rotatable bonds is 4. The zero-order valence-corrected chi connectivity index (χ0v) is 13.4. The predicted octanol–water partition coefficient (Wildman–Crippen LogP) is 2.79. The van der Waals surface area contributed by atoms with Crippen LogP contribution in [0.4, 0.5) is 0 Å². The number of benzene rings is 1. The van der Waals surface area contributed by atoms with Crippen LogP contribution in [0.25, 0.3) is 11.0 Å². The predicted molar refractivity (Wildman–Crippen MR) is 89.9 cm³/mol. The molecule has 1 aromatic carbocycles. The molecule has 2 N–H and O–H groups in total. The number of hydrogen-bond acceptors (Lipinski definition) is 6. The molecule has 6 nitrogen and oxygen atoms in total. The lowest BCUT2D eigenvalue weighted by Crippen LogP contribution is -2.22. The van der Waals surface area contributed by atoms with Crippen LogP contribution in [-0.2, 0) is 6.54 Å². The Morgan fingerprint density at radius 3 is 2.54 bits per heavy atom. The van der Waals surface area contributed by atoms with Crippen molar-refractivity contribution in [2.75, 3.05) is 7.05 Å². The second-order valence-electron chi connectivity index (χ2n) is 5.80. The molecule has 2 heterocycles. The van der Waals surface area contributed by atoms with Gasteiger partial charge < -0.3 is 14.6 Å². The summed E-state index contributed by atoms with van der Waals surface area (Å²) < 4.78 is 5.11. The summed E-state index contributed by atoms with van der Waals surface area (Å²) in [5, 5.41) is 19.9. The quantitative estimate of drug-likeness (QED) is 0.566. The summed E-state index contributed by atoms with van der Waals surface area (Å²) in [6, 6.07) is 8.08. The Morgan fingerprint density at radius 1 is 1.17 bits per heavy atom. The van der Waals surface area contributed by atoms with Crippen molar-refractivity contribution in [3.8, 4) is 11.5 Å². The molecule has 0 aliphatic rings. The van der Waals surface area contributed by atoms with Crippen LogP contribution in [-0.4, -0.2) is 27.1 Å². The van der Waals surface area contributed by atoms with E-state index in [1.165, 1.54) is 18.2 Å². The third-order valence-corrected chi connectivity index (χ3v) is 4.19. The number of pyridine rings is 1. The molecule has 24 heavy (non-hydrogen) atoms. The number of hydrogen-bond donors (Lipinski definition) is 2. The van der Waals surface area contributed by atoms with E-state index in [9.17, 15) is 15.0 Å². The molecule has 6 heteroatoms. The van der Waals surface area contributed by atoms with Crippen LogP contribution in [0.1, 0.15) is 24.1 Å². The summed E-state index contributed by atoms with van der Waals surface area (Å²) >= 11 is 0. The van der Waals surface area contributed by atoms with Gasteiger partial charge in [-0.05, 0) is 43.3 Å². The van der Waals surface area contributed by atoms with Gasteiger partial charge in [0.2, 0.25) is 0 Å². The van der Waals surface area contributed by atoms with E-state index in [0.29, 0.717) is 11.9 Å². The molecule has 1 atom stereocenters. The van der Waals surface area contributed by atoms with Gasteiger partial charge in [0.05, 0.1) is 0 Å². The Morgan fingerprint density at radius 2 is 1.83 bits per heavy atom. The smallest absolute Gasteiger partial charge is 0.336 e. The van der Waals surface area contributed by atoms with Crippen molar-refractivity contribution in [2.45, 2.75) is 19.5 Å². The number of phenols is 2. The van der Waals surface area contributed by atoms with Gasteiger partial charge in [0, 0.05) is 42.5 Å². The van der Waals surface area contributed by atoms with Crippen LogP contribution >= 0.6 is 0 Å². The maximum atomic E-state index is 11.8. The lowest BCUT2D eigenvalue weighted by atomic mass is 10.1. The number of phenolic OH excluding ortho intramolecular Hbond substituents is 2. The minimum atomic E-state index is -0.493. The third-order valence-electron chi connectivity index (χ3n) is 4.19. The second-order valence-corrected chi connectivity index (χ2v) is 5.80. The largest absolute Gasteiger partial charge is 0.504 e. The van der Waals surface area contributed by atoms with Crippen molar-refractivity contribution in [1.82, 2.24) is 9.88 Å². The minimum absolute atomic E-state index is 0.112. The van der Waals surface area contributed by atoms with Crippen LogP contribution in [0.3, 0.4) is 0 Å². The van der Waals surface area contributed by atoms with Crippen molar-refractivity contribution >= 4 is 11.0 Å². The monoisotopic (exact) mass is 326 g/mol. The normalized spacial score (nSPS) is 12.6. The molecule has 0 saturated heterocycles. The number of aromatic hydroxyl groups is 2. The molecule has 3 rings (SSSR count). The molecule has 0 fully saturated rings. The lowest BCUT2D eigenvalue weighted by molar-refractivity contribution is 0.253. The molecular formula is C18H18N2O4. The van der Waals surface area contributed by atoms with Crippen molar-refractivity contribution < 1.29 is 14.6 Å². The van der Waals surface area contributed by atoms with E-state index in [-0.39, 0.29) is 23.1 Å². The maximum Gasteiger partial charge on any atom is 0.336 e. The van der Waals surface area contributed by atoms with Crippen molar-refractivity contribution in [3.05, 3.63) is 64.3 Å². The van der Waals surface area contributed by atoms with E-state index >= 15 is 0 Å². The molecule has 0 amide bonds. The summed E-state index contributed by atoms with van der Waals surface area (Å²) in [6.07, 6.45) is 3.49. The number of nitrogens with zero attached hydrogens (tertiary/aromatic N) is 2. The molecular weight excluding hydrogens is 308 g/mol. The molecule has 0 aliphatic carbocycles. The number of fused-ring (bicyclic) bond motifs is 1. The van der Waals surface area contributed by atoms with Crippen LogP contribution in [0.5, 0.6) is 11.5 Å². The van der Waals surface area contributed by atoms with E-state index in [4.69, 9.17) is 4.42 Å². The van der Waals surface area contributed by atoms with Crippen molar-refractivity contribution in [3.63, 3.8) is 0 Å². The Balaban J connectivity index is 1.97. The first kappa shape index (κ1) is 16.0. The van der Waals surface area contributed by atoms with Gasteiger partial charge in [-0.2, -0.15) is 0 Å². The van der Waals surface area contributed by atoms with E-state index in [1.807, 2.05) is 19.2 Å². The number of aromatic nitrogens is 1. The summed E-state index contributed by atoms with van der Waals surface area (Å²) in [5.41, 5.74) is 1.59. The maximum absolute atomic E-state index is 11.8. The van der Waals surface area contributed by atoms with Crippen molar-refractivity contribution in [2.24, 2.45) is 0 Å². The van der Waals surface area contributed by atoms with E-state index in [0.717, 1.165) is 11.1 Å². The minimum Gasteiger partial charge on any atom is -0.504 e. The summed E-state index contributed by atoms with van der Waals surface area (Å²) in [7, 11) is 1.95. The lowest BCUT2D eigenvalue weighted by Gasteiger charge is -2.25. The highest BCUT2D eigenvalue weighted by atomic mass is 16.4. The molecule has 0 aliphatic heterocycles. The Bertz CT molecular complexity index is 921. The Hall–Kier alpha value is -2.86. The average Bonchev–Trinajstić information content (AvgIpc) is 2.56. The molecule has 0 spiro atoms. The highest BCUT2D eigenvalue weighted by Crippen LogP contribution is 2.32. The molecule has 0 saturated carbocycles. The fourth-order valence-corrected chi connectivity index (χ4v) is 2.68. The van der Waals surface area contributed by atoms with Crippen molar-refractivity contribution in [1.29, 1.82) is 0 Å². The van der Waals surface area contributed by atoms with E-state index in [2.05, 4.69) is 16.8 Å². The molecule has 0 radical (unpaired) electrons. The standard InChI is InChI=1S/C18H18N2O4/c1-11(12-3-5-19-6-4-12)20(2)10-13-7-18(23)24-17-9-16(22)15(21)8-14(13)17/h3-9,11,21-22H,10H2,1-2H3. The first-order chi connectivity index (χ1) is 11.5. The summed E-state index contributed by atoms with van der Waals surface area (Å²) in [6.45, 7) is 2.54. The fraction of sp³-hybridized carbons (Fsp3) is 0.222. The zero-order valence-electron chi connectivity index (χ0n) is 13.4. The first-order valence-corrected chi connectivity index (χ1v) is 7.54. The van der Waals surface area contributed by atoms with Gasteiger partial charge in [0.25, 0.3) is 0 Å². The van der Waals surface area contributed by atoms with Gasteiger partial charge >= 0.3 is 5.63 Å². The summed E-state index contributed by atoms with van der Waals surface area (Å²) in [5.74, 6) is -0.566. The fourth-order valence-electron chi connectivity index (χ4n) is 2.68. The van der Waals surface area contributed by atoms with Crippen LogP contribution in [0.15, 0.2) is 51.9 Å². The van der Waals surface area contributed by atoms with Crippen LogP contribution in [0.2, 0.25) is 0 Å². The molecule has 1 unspecified atom stereocenters. The Labute approximate surface area is 138 Å². The van der Waals surface area contributed by atoms with E-state index < -0.39 is 5.63 Å². The van der Waals surface area contributed by atoms with Crippen LogP contribution in [0, 0.1) is 0 Å². The van der Waals surface area contributed by atoms with Gasteiger partial charge in [-0.3, -0.25) is 9.88 Å². The van der Waals surface area contributed by atoms with Gasteiger partial charge in [-0.25, -0.2) is 4.79 Å². The first-order valence-electron chi connectivity index (χ1n) is 7.54. The van der Waals surface area contributed by atoms with Gasteiger partial charge in [0.1, 0.15) is 5.58 Å². The average molecular weight is 326 g/mol.